The topological polar surface area (TPSA) is 106 Å². The van der Waals surface area contributed by atoms with Crippen molar-refractivity contribution in [2.75, 3.05) is 32.3 Å². The number of benzene rings is 2. The number of nitrogens with one attached hydrogen (secondary N) is 2. The van der Waals surface area contributed by atoms with Gasteiger partial charge in [-0.2, -0.15) is 0 Å². The molecule has 2 N–H and O–H groups in total. The average Bonchev–Trinajstić information content (AvgIpc) is 2.79. The van der Waals surface area contributed by atoms with Gasteiger partial charge < -0.3 is 19.1 Å². The second kappa shape index (κ2) is 9.64. The highest BCUT2D eigenvalue weighted by molar-refractivity contribution is 5.98. The zero-order chi connectivity index (χ0) is 21.5. The third-order valence-electron chi connectivity index (χ3n) is 4.56. The van der Waals surface area contributed by atoms with Gasteiger partial charge in [0, 0.05) is 18.4 Å². The van der Waals surface area contributed by atoms with Gasteiger partial charge in [-0.1, -0.05) is 12.1 Å². The summed E-state index contributed by atoms with van der Waals surface area (Å²) in [6.45, 7) is 0.823. The van der Waals surface area contributed by atoms with Crippen LogP contribution in [0.4, 0.5) is 5.69 Å². The van der Waals surface area contributed by atoms with Crippen LogP contribution in [0.5, 0.6) is 17.2 Å². The van der Waals surface area contributed by atoms with Crippen LogP contribution in [0.2, 0.25) is 0 Å². The van der Waals surface area contributed by atoms with Crippen LogP contribution in [-0.4, -0.2) is 45.1 Å². The lowest BCUT2D eigenvalue weighted by Crippen LogP contribution is -2.42. The Hall–Kier alpha value is -3.75. The zero-order valence-corrected chi connectivity index (χ0v) is 16.8. The van der Waals surface area contributed by atoms with Crippen molar-refractivity contribution in [3.63, 3.8) is 0 Å². The van der Waals surface area contributed by atoms with Crippen LogP contribution >= 0.6 is 0 Å². The van der Waals surface area contributed by atoms with E-state index in [1.54, 1.807) is 29.2 Å². The van der Waals surface area contributed by atoms with Gasteiger partial charge in [0.25, 0.3) is 5.91 Å². The van der Waals surface area contributed by atoms with E-state index < -0.39 is 11.8 Å². The molecule has 9 heteroatoms. The summed E-state index contributed by atoms with van der Waals surface area (Å²) in [5.41, 5.74) is 5.62. The van der Waals surface area contributed by atoms with Gasteiger partial charge >= 0.3 is 0 Å². The van der Waals surface area contributed by atoms with Crippen LogP contribution in [0.1, 0.15) is 23.2 Å². The van der Waals surface area contributed by atoms with Gasteiger partial charge in [-0.25, -0.2) is 0 Å². The second-order valence-corrected chi connectivity index (χ2v) is 6.43. The lowest BCUT2D eigenvalue weighted by molar-refractivity contribution is -0.125. The molecule has 1 heterocycles. The minimum Gasteiger partial charge on any atom is -0.493 e. The number of para-hydroxylation sites is 2. The summed E-state index contributed by atoms with van der Waals surface area (Å²) in [4.78, 5) is 38.4. The molecule has 3 rings (SSSR count). The van der Waals surface area contributed by atoms with Crippen molar-refractivity contribution in [3.05, 3.63) is 48.0 Å². The molecule has 0 bridgehead atoms. The van der Waals surface area contributed by atoms with Gasteiger partial charge in [0.15, 0.2) is 11.5 Å². The fourth-order valence-corrected chi connectivity index (χ4v) is 3.02. The lowest BCUT2D eigenvalue weighted by Gasteiger charge is -2.29. The molecular weight excluding hydrogens is 390 g/mol. The van der Waals surface area contributed by atoms with Crippen LogP contribution in [-0.2, 0) is 9.59 Å². The fourth-order valence-electron chi connectivity index (χ4n) is 3.02. The number of hydrogen-bond acceptors (Lipinski definition) is 6. The van der Waals surface area contributed by atoms with Crippen molar-refractivity contribution < 1.29 is 28.6 Å². The summed E-state index contributed by atoms with van der Waals surface area (Å²) in [5, 5.41) is 0. The van der Waals surface area contributed by atoms with Crippen LogP contribution in [0, 0.1) is 0 Å². The first-order chi connectivity index (χ1) is 14.5. The van der Waals surface area contributed by atoms with Crippen molar-refractivity contribution in [3.8, 4) is 17.2 Å². The van der Waals surface area contributed by atoms with E-state index in [-0.39, 0.29) is 24.3 Å². The van der Waals surface area contributed by atoms with Crippen molar-refractivity contribution in [2.24, 2.45) is 0 Å². The molecule has 9 nitrogen and oxygen atoms in total. The van der Waals surface area contributed by atoms with Crippen molar-refractivity contribution >= 4 is 23.4 Å². The zero-order valence-electron chi connectivity index (χ0n) is 16.8. The third kappa shape index (κ3) is 4.80. The molecule has 158 valence electrons. The number of hydrazine groups is 1. The van der Waals surface area contributed by atoms with E-state index in [2.05, 4.69) is 10.9 Å². The molecule has 30 heavy (non-hydrogen) atoms. The Morgan fingerprint density at radius 2 is 1.77 bits per heavy atom. The van der Waals surface area contributed by atoms with E-state index in [9.17, 15) is 14.4 Å². The number of fused-ring (bicyclic) bond motifs is 1. The number of carbonyl (C=O) groups is 3. The molecule has 0 spiro atoms. The predicted octanol–water partition coefficient (Wildman–Crippen LogP) is 1.67. The number of nitrogens with zero attached hydrogens (tertiary/aromatic N) is 1. The van der Waals surface area contributed by atoms with Gasteiger partial charge in [0.1, 0.15) is 12.4 Å². The normalized spacial score (nSPS) is 12.3. The van der Waals surface area contributed by atoms with Crippen LogP contribution in [0.15, 0.2) is 42.5 Å². The smallest absolute Gasteiger partial charge is 0.269 e. The number of carbonyl (C=O) groups excluding carboxylic acids is 3. The largest absolute Gasteiger partial charge is 0.493 e. The minimum atomic E-state index is -0.516. The highest BCUT2D eigenvalue weighted by Crippen LogP contribution is 2.31. The molecule has 0 unspecified atom stereocenters. The average molecular weight is 413 g/mol. The van der Waals surface area contributed by atoms with Gasteiger partial charge in [-0.15, -0.1) is 0 Å². The van der Waals surface area contributed by atoms with Gasteiger partial charge in [0.2, 0.25) is 11.8 Å². The minimum absolute atomic E-state index is 0.00635. The first-order valence-electron chi connectivity index (χ1n) is 9.37. The second-order valence-electron chi connectivity index (χ2n) is 6.43. The summed E-state index contributed by atoms with van der Waals surface area (Å²) < 4.78 is 15.8. The summed E-state index contributed by atoms with van der Waals surface area (Å²) in [7, 11) is 2.96. The number of anilines is 1. The molecule has 2 aromatic carbocycles. The van der Waals surface area contributed by atoms with Crippen LogP contribution in [0.3, 0.4) is 0 Å². The Morgan fingerprint density at radius 1 is 1.00 bits per heavy atom. The number of ether oxygens (including phenoxy) is 3. The lowest BCUT2D eigenvalue weighted by atomic mass is 10.2. The summed E-state index contributed by atoms with van der Waals surface area (Å²) >= 11 is 0. The van der Waals surface area contributed by atoms with E-state index >= 15 is 0 Å². The molecule has 0 aliphatic carbocycles. The molecule has 0 saturated carbocycles. The Kier molecular flexibility index (Phi) is 6.74. The highest BCUT2D eigenvalue weighted by Gasteiger charge is 2.23. The Labute approximate surface area is 173 Å². The Bertz CT molecular complexity index is 946. The van der Waals surface area contributed by atoms with Gasteiger partial charge in [-0.3, -0.25) is 25.2 Å². The molecule has 2 aromatic rings. The predicted molar refractivity (Wildman–Crippen MR) is 109 cm³/mol. The van der Waals surface area contributed by atoms with Gasteiger partial charge in [-0.05, 0) is 30.3 Å². The van der Waals surface area contributed by atoms with Crippen LogP contribution < -0.4 is 30.0 Å². The van der Waals surface area contributed by atoms with E-state index in [1.165, 1.54) is 20.3 Å². The molecule has 1 aliphatic heterocycles. The molecule has 0 fully saturated rings. The molecule has 0 aromatic heterocycles. The number of methoxy groups -OCH3 is 2. The fraction of sp³-hybridized carbons (Fsp3) is 0.286. The third-order valence-corrected chi connectivity index (χ3v) is 4.56. The Balaban J connectivity index is 1.49. The molecule has 0 radical (unpaired) electrons. The summed E-state index contributed by atoms with van der Waals surface area (Å²) in [6.07, 6.45) is -0.0586. The maximum absolute atomic E-state index is 12.5. The van der Waals surface area contributed by atoms with E-state index in [1.807, 2.05) is 12.1 Å². The van der Waals surface area contributed by atoms with E-state index in [4.69, 9.17) is 14.2 Å². The first kappa shape index (κ1) is 21.0. The number of hydrogen-bond donors (Lipinski definition) is 2. The summed E-state index contributed by atoms with van der Waals surface area (Å²) in [6, 6.07) is 11.9. The van der Waals surface area contributed by atoms with Crippen molar-refractivity contribution in [1.29, 1.82) is 0 Å². The van der Waals surface area contributed by atoms with Gasteiger partial charge in [0.05, 0.1) is 26.5 Å². The molecule has 0 saturated heterocycles. The molecular formula is C21H23N3O6. The summed E-state index contributed by atoms with van der Waals surface area (Å²) in [5.74, 6) is 0.349. The highest BCUT2D eigenvalue weighted by atomic mass is 16.5. The van der Waals surface area contributed by atoms with Crippen LogP contribution in [0.25, 0.3) is 0 Å². The quantitative estimate of drug-likeness (QED) is 0.698. The standard InChI is InChI=1S/C21H23N3O6/c1-28-17-8-7-14(13-18(17)29-2)21(27)23-22-19(25)9-10-20(26)24-11-12-30-16-6-4-3-5-15(16)24/h3-8,13H,9-12H2,1-2H3,(H,22,25)(H,23,27). The van der Waals surface area contributed by atoms with E-state index in [0.29, 0.717) is 36.1 Å². The Morgan fingerprint density at radius 3 is 2.53 bits per heavy atom. The SMILES string of the molecule is COc1ccc(C(=O)NNC(=O)CCC(=O)N2CCOc3ccccc32)cc1OC. The molecule has 0 atom stereocenters. The molecule has 3 amide bonds. The monoisotopic (exact) mass is 413 g/mol. The van der Waals surface area contributed by atoms with Crippen molar-refractivity contribution in [1.82, 2.24) is 10.9 Å². The number of amides is 3. The maximum Gasteiger partial charge on any atom is 0.269 e. The maximum atomic E-state index is 12.5. The first-order valence-corrected chi connectivity index (χ1v) is 9.37. The van der Waals surface area contributed by atoms with E-state index in [0.717, 1.165) is 0 Å². The number of rotatable bonds is 6. The molecule has 1 aliphatic rings. The van der Waals surface area contributed by atoms with Crippen molar-refractivity contribution in [2.45, 2.75) is 12.8 Å².